The van der Waals surface area contributed by atoms with Gasteiger partial charge in [-0.15, -0.1) is 0 Å². The molecular formula is C20H22F3N5O2. The summed E-state index contributed by atoms with van der Waals surface area (Å²) in [5.74, 6) is -0.352. The summed E-state index contributed by atoms with van der Waals surface area (Å²) in [6.07, 6.45) is -1.48. The Morgan fingerprint density at radius 1 is 1.30 bits per heavy atom. The maximum absolute atomic E-state index is 13.7. The molecule has 0 aromatic carbocycles. The van der Waals surface area contributed by atoms with Gasteiger partial charge >= 0.3 is 6.18 Å². The molecule has 0 bridgehead atoms. The van der Waals surface area contributed by atoms with Crippen LogP contribution in [-0.2, 0) is 19.6 Å². The number of hydrogen-bond donors (Lipinski definition) is 0. The molecule has 10 heteroatoms. The number of amides is 1. The first kappa shape index (κ1) is 20.4. The zero-order valence-electron chi connectivity index (χ0n) is 17.0. The Labute approximate surface area is 170 Å². The fourth-order valence-electron chi connectivity index (χ4n) is 4.04. The predicted molar refractivity (Wildman–Crippen MR) is 102 cm³/mol. The predicted octanol–water partition coefficient (Wildman–Crippen LogP) is 3.87. The first-order valence-electron chi connectivity index (χ1n) is 9.85. The lowest BCUT2D eigenvalue weighted by Crippen LogP contribution is -2.38. The Morgan fingerprint density at radius 3 is 2.57 bits per heavy atom. The number of halogens is 3. The van der Waals surface area contributed by atoms with Gasteiger partial charge in [-0.3, -0.25) is 9.48 Å². The summed E-state index contributed by atoms with van der Waals surface area (Å²) in [4.78, 5) is 18.7. The van der Waals surface area contributed by atoms with Crippen LogP contribution in [0.2, 0.25) is 0 Å². The van der Waals surface area contributed by atoms with Gasteiger partial charge in [0.2, 0.25) is 0 Å². The lowest BCUT2D eigenvalue weighted by Gasteiger charge is -2.31. The minimum absolute atomic E-state index is 0.0624. The molecule has 0 saturated carbocycles. The van der Waals surface area contributed by atoms with Crippen molar-refractivity contribution in [3.05, 3.63) is 40.5 Å². The van der Waals surface area contributed by atoms with E-state index < -0.39 is 11.7 Å². The van der Waals surface area contributed by atoms with E-state index in [0.717, 1.165) is 6.07 Å². The molecule has 160 valence electrons. The minimum atomic E-state index is -4.53. The first-order chi connectivity index (χ1) is 14.2. The number of fused-ring (bicyclic) bond motifs is 1. The van der Waals surface area contributed by atoms with E-state index in [-0.39, 0.29) is 28.6 Å². The van der Waals surface area contributed by atoms with Gasteiger partial charge in [-0.05, 0) is 32.3 Å². The van der Waals surface area contributed by atoms with Gasteiger partial charge in [0.1, 0.15) is 0 Å². The Hall–Kier alpha value is -2.91. The zero-order chi connectivity index (χ0) is 21.6. The third kappa shape index (κ3) is 3.54. The molecule has 3 aromatic rings. The van der Waals surface area contributed by atoms with Gasteiger partial charge in [-0.1, -0.05) is 12.1 Å². The highest BCUT2D eigenvalue weighted by molar-refractivity contribution is 5.95. The highest BCUT2D eigenvalue weighted by atomic mass is 19.4. The first-order valence-corrected chi connectivity index (χ1v) is 9.85. The Kier molecular flexibility index (Phi) is 5.03. The van der Waals surface area contributed by atoms with Crippen molar-refractivity contribution in [2.45, 2.75) is 45.2 Å². The van der Waals surface area contributed by atoms with Crippen molar-refractivity contribution >= 4 is 17.0 Å². The maximum Gasteiger partial charge on any atom is 0.417 e. The van der Waals surface area contributed by atoms with Crippen molar-refractivity contribution in [2.24, 2.45) is 7.05 Å². The third-order valence-electron chi connectivity index (χ3n) is 5.61. The van der Waals surface area contributed by atoms with Gasteiger partial charge in [0.25, 0.3) is 11.6 Å². The van der Waals surface area contributed by atoms with Crippen LogP contribution in [0.3, 0.4) is 0 Å². The summed E-state index contributed by atoms with van der Waals surface area (Å²) in [6, 6.07) is 1.08. The summed E-state index contributed by atoms with van der Waals surface area (Å²) in [7, 11) is 1.75. The average Bonchev–Trinajstić information content (AvgIpc) is 3.28. The molecule has 7 nitrogen and oxygen atoms in total. The van der Waals surface area contributed by atoms with Crippen molar-refractivity contribution in [3.63, 3.8) is 0 Å². The van der Waals surface area contributed by atoms with Gasteiger partial charge in [-0.25, -0.2) is 4.98 Å². The topological polar surface area (TPSA) is 77.0 Å². The highest BCUT2D eigenvalue weighted by Gasteiger charge is 2.38. The van der Waals surface area contributed by atoms with Crippen LogP contribution in [0.5, 0.6) is 0 Å². The summed E-state index contributed by atoms with van der Waals surface area (Å²) >= 11 is 0. The van der Waals surface area contributed by atoms with E-state index in [1.807, 2.05) is 0 Å². The Bertz CT molecular complexity index is 1090. The normalized spacial score (nSPS) is 15.9. The molecule has 0 atom stereocenters. The largest absolute Gasteiger partial charge is 0.417 e. The number of alkyl halides is 3. The molecule has 3 aromatic heterocycles. The molecule has 0 aliphatic carbocycles. The number of piperidine rings is 1. The lowest BCUT2D eigenvalue weighted by atomic mass is 9.90. The van der Waals surface area contributed by atoms with Crippen molar-refractivity contribution in [3.8, 4) is 0 Å². The van der Waals surface area contributed by atoms with Crippen molar-refractivity contribution < 1.29 is 22.5 Å². The van der Waals surface area contributed by atoms with Crippen LogP contribution >= 0.6 is 0 Å². The second-order valence-corrected chi connectivity index (χ2v) is 7.63. The van der Waals surface area contributed by atoms with Crippen LogP contribution in [0, 0.1) is 6.92 Å². The number of aryl methyl sites for hydroxylation is 3. The van der Waals surface area contributed by atoms with Crippen LogP contribution < -0.4 is 0 Å². The fourth-order valence-corrected chi connectivity index (χ4v) is 4.04. The van der Waals surface area contributed by atoms with E-state index in [4.69, 9.17) is 4.52 Å². The van der Waals surface area contributed by atoms with Crippen LogP contribution in [0.1, 0.15) is 58.7 Å². The van der Waals surface area contributed by atoms with E-state index in [9.17, 15) is 18.0 Å². The third-order valence-corrected chi connectivity index (χ3v) is 5.61. The second kappa shape index (κ2) is 7.41. The summed E-state index contributed by atoms with van der Waals surface area (Å²) in [5.41, 5.74) is 0.936. The molecule has 4 rings (SSSR count). The summed E-state index contributed by atoms with van der Waals surface area (Å²) in [6.45, 7) is 4.36. The van der Waals surface area contributed by atoms with Gasteiger partial charge in [-0.2, -0.15) is 18.3 Å². The standard InChI is InChI=1S/C20H22F3N5O2/c1-4-13-9-15(20(21,22)23)16-17(26-30-18(16)24-13)12-5-7-28(8-6-12)19(29)14-10-27(3)25-11(14)2/h9-10,12H,4-8H2,1-3H3. The van der Waals surface area contributed by atoms with Crippen LogP contribution in [0.25, 0.3) is 11.1 Å². The van der Waals surface area contributed by atoms with E-state index in [1.54, 1.807) is 36.7 Å². The molecule has 1 aliphatic heterocycles. The van der Waals surface area contributed by atoms with Gasteiger partial charge in [0.15, 0.2) is 0 Å². The van der Waals surface area contributed by atoms with Crippen molar-refractivity contribution in [1.82, 2.24) is 24.8 Å². The Morgan fingerprint density at radius 2 is 2.00 bits per heavy atom. The van der Waals surface area contributed by atoms with Crippen LogP contribution in [0.4, 0.5) is 13.2 Å². The van der Waals surface area contributed by atoms with Gasteiger partial charge in [0, 0.05) is 37.9 Å². The molecule has 1 aliphatic rings. The van der Waals surface area contributed by atoms with Gasteiger partial charge in [0.05, 0.1) is 27.9 Å². The van der Waals surface area contributed by atoms with Crippen molar-refractivity contribution in [2.75, 3.05) is 13.1 Å². The molecule has 0 spiro atoms. The SMILES string of the molecule is CCc1cc(C(F)(F)F)c2c(C3CCN(C(=O)c4cn(C)nc4C)CC3)noc2n1. The Balaban J connectivity index is 1.59. The minimum Gasteiger partial charge on any atom is -0.338 e. The average molecular weight is 421 g/mol. The van der Waals surface area contributed by atoms with Crippen LogP contribution in [0.15, 0.2) is 16.8 Å². The van der Waals surface area contributed by atoms with E-state index in [0.29, 0.717) is 49.3 Å². The quantitative estimate of drug-likeness (QED) is 0.642. The number of rotatable bonds is 3. The van der Waals surface area contributed by atoms with E-state index >= 15 is 0 Å². The fraction of sp³-hybridized carbons (Fsp3) is 0.500. The molecule has 4 heterocycles. The van der Waals surface area contributed by atoms with E-state index in [1.165, 1.54) is 0 Å². The van der Waals surface area contributed by atoms with Gasteiger partial charge < -0.3 is 9.42 Å². The number of aromatic nitrogens is 4. The summed E-state index contributed by atoms with van der Waals surface area (Å²) in [5, 5.41) is 8.09. The number of hydrogen-bond acceptors (Lipinski definition) is 5. The molecule has 0 unspecified atom stereocenters. The maximum atomic E-state index is 13.7. The zero-order valence-corrected chi connectivity index (χ0v) is 17.0. The monoisotopic (exact) mass is 421 g/mol. The molecule has 0 N–H and O–H groups in total. The number of likely N-dealkylation sites (tertiary alicyclic amines) is 1. The van der Waals surface area contributed by atoms with Crippen LogP contribution in [-0.4, -0.2) is 43.8 Å². The summed E-state index contributed by atoms with van der Waals surface area (Å²) < 4.78 is 47.9. The smallest absolute Gasteiger partial charge is 0.338 e. The molecule has 1 fully saturated rings. The molecule has 1 amide bonds. The lowest BCUT2D eigenvalue weighted by molar-refractivity contribution is -0.136. The number of carbonyl (C=O) groups is 1. The molecule has 1 saturated heterocycles. The van der Waals surface area contributed by atoms with Crippen molar-refractivity contribution in [1.29, 1.82) is 0 Å². The molecule has 30 heavy (non-hydrogen) atoms. The number of nitrogens with zero attached hydrogens (tertiary/aromatic N) is 5. The number of carbonyl (C=O) groups excluding carboxylic acids is 1. The van der Waals surface area contributed by atoms with E-state index in [2.05, 4.69) is 15.2 Å². The molecular weight excluding hydrogens is 399 g/mol. The second-order valence-electron chi connectivity index (χ2n) is 7.63. The number of pyridine rings is 1. The molecule has 0 radical (unpaired) electrons. The highest BCUT2D eigenvalue weighted by Crippen LogP contribution is 2.40.